The van der Waals surface area contributed by atoms with Crippen molar-refractivity contribution in [2.75, 3.05) is 13.2 Å². The van der Waals surface area contributed by atoms with Crippen LogP contribution in [-0.2, 0) is 31.9 Å². The number of hydrogen-bond acceptors (Lipinski definition) is 10. The Balaban J connectivity index is 0.00000787. The van der Waals surface area contributed by atoms with E-state index in [2.05, 4.69) is 77.6 Å². The lowest BCUT2D eigenvalue weighted by atomic mass is 9.78. The molecule has 0 saturated carbocycles. The molecule has 6 aromatic rings. The highest BCUT2D eigenvalue weighted by Gasteiger charge is 2.38. The predicted octanol–water partition coefficient (Wildman–Crippen LogP) is 15.4. The maximum absolute atomic E-state index is 13.7. The van der Waals surface area contributed by atoms with E-state index in [1.54, 1.807) is 60.7 Å². The van der Waals surface area contributed by atoms with Crippen molar-refractivity contribution in [1.82, 2.24) is 0 Å². The first kappa shape index (κ1) is 84.3. The number of nitrogens with two attached hydrogens (primary N) is 2. The number of phenols is 2. The molecule has 542 valence electrons. The van der Waals surface area contributed by atoms with Crippen molar-refractivity contribution in [3.63, 3.8) is 0 Å². The van der Waals surface area contributed by atoms with Crippen LogP contribution in [0.3, 0.4) is 0 Å². The predicted molar refractivity (Wildman–Crippen MR) is 404 cm³/mol. The van der Waals surface area contributed by atoms with Gasteiger partial charge in [0.15, 0.2) is 11.6 Å². The van der Waals surface area contributed by atoms with Crippen molar-refractivity contribution in [3.8, 4) is 11.5 Å². The van der Waals surface area contributed by atoms with Gasteiger partial charge >= 0.3 is 11.9 Å². The van der Waals surface area contributed by atoms with Crippen LogP contribution in [0.2, 0.25) is 0 Å². The molecule has 0 aliphatic heterocycles. The molecule has 2 aliphatic carbocycles. The minimum absolute atomic E-state index is 0. The van der Waals surface area contributed by atoms with Gasteiger partial charge in [-0.2, -0.15) is 0 Å². The fourth-order valence-corrected chi connectivity index (χ4v) is 16.9. The van der Waals surface area contributed by atoms with Crippen molar-refractivity contribution < 1.29 is 93.1 Å². The summed E-state index contributed by atoms with van der Waals surface area (Å²) in [5, 5.41) is 25.1. The Labute approximate surface area is 648 Å². The van der Waals surface area contributed by atoms with Crippen molar-refractivity contribution in [2.24, 2.45) is 11.8 Å². The largest absolute Gasteiger partial charge is 1.00 e. The van der Waals surface area contributed by atoms with E-state index in [9.17, 15) is 39.0 Å². The van der Waals surface area contributed by atoms with Gasteiger partial charge in [0.05, 0.1) is 44.4 Å². The van der Waals surface area contributed by atoms with Crippen molar-refractivity contribution in [2.45, 2.75) is 232 Å². The molecular formula is C82H102Br6N2O10. The molecule has 2 aliphatic rings. The summed E-state index contributed by atoms with van der Waals surface area (Å²) in [6.45, 7) is 5.13. The lowest BCUT2D eigenvalue weighted by Crippen LogP contribution is -3.00. The molecule has 6 aromatic carbocycles. The number of unbranched alkanes of at least 4 members (excludes halogenated alkanes) is 22. The summed E-state index contributed by atoms with van der Waals surface area (Å²) in [6.07, 6.45) is 39.5. The van der Waals surface area contributed by atoms with E-state index in [1.807, 2.05) is 34.9 Å². The molecule has 0 aromatic heterocycles. The first-order chi connectivity index (χ1) is 47.6. The Hall–Kier alpha value is -4.66. The van der Waals surface area contributed by atoms with Gasteiger partial charge in [0.25, 0.3) is 0 Å². The van der Waals surface area contributed by atoms with Gasteiger partial charge in [0.2, 0.25) is 11.6 Å². The maximum Gasteiger partial charge on any atom is 0.305 e. The highest BCUT2D eigenvalue weighted by atomic mass is 79.9. The summed E-state index contributed by atoms with van der Waals surface area (Å²) < 4.78 is 14.7. The molecule has 2 atom stereocenters. The lowest BCUT2D eigenvalue weighted by Gasteiger charge is -2.28. The average molecular weight is 1760 g/mol. The Morgan fingerprint density at radius 2 is 0.660 bits per heavy atom. The highest BCUT2D eigenvalue weighted by Crippen LogP contribution is 2.40. The van der Waals surface area contributed by atoms with Gasteiger partial charge in [-0.15, -0.1) is 0 Å². The van der Waals surface area contributed by atoms with Crippen LogP contribution in [0, 0.1) is 11.8 Å². The molecule has 2 unspecified atom stereocenters. The van der Waals surface area contributed by atoms with Crippen molar-refractivity contribution in [3.05, 3.63) is 171 Å². The SMILES string of the molecule is CCCCCCC(CCCCCCCCCCCC(=O)OCCc1cc([NH2+]c2ccc(O)c3c2C(=O)c2ccccc2C3=O)c(Br)cc1Br)C(CCCCCC)CCCCCCCCCCCC(=O)OCCc1cc([NH2+]c2ccc(O)c3c2C(=O)c2ccccc2C3=O)c(Br)cc1Br.[Br-].[Br-]. The molecular weight excluding hydrogens is 1650 g/mol. The zero-order chi connectivity index (χ0) is 69.8. The normalized spacial score (nSPS) is 12.8. The fraction of sp³-hybridized carbons (Fsp3) is 0.488. The Morgan fingerprint density at radius 3 is 0.980 bits per heavy atom. The molecule has 0 bridgehead atoms. The quantitative estimate of drug-likeness (QED) is 0.0123. The summed E-state index contributed by atoms with van der Waals surface area (Å²) in [7, 11) is 0. The van der Waals surface area contributed by atoms with Gasteiger partial charge in [-0.05, 0) is 91.9 Å². The van der Waals surface area contributed by atoms with Crippen LogP contribution in [0.25, 0.3) is 0 Å². The Bertz CT molecular complexity index is 3450. The number of benzene rings is 6. The number of carbonyl (C=O) groups is 6. The zero-order valence-electron chi connectivity index (χ0n) is 58.4. The van der Waals surface area contributed by atoms with E-state index >= 15 is 0 Å². The number of phenolic OH excluding ortho intramolecular Hbond substituents is 2. The third kappa shape index (κ3) is 24.7. The number of hydrogen-bond donors (Lipinski definition) is 4. The van der Waals surface area contributed by atoms with E-state index in [1.165, 1.54) is 166 Å². The molecule has 6 N–H and O–H groups in total. The Kier molecular flexibility index (Phi) is 37.8. The van der Waals surface area contributed by atoms with Gasteiger partial charge < -0.3 is 53.6 Å². The van der Waals surface area contributed by atoms with E-state index in [0.717, 1.165) is 90.8 Å². The zero-order valence-corrected chi connectivity index (χ0v) is 67.9. The number of esters is 2. The van der Waals surface area contributed by atoms with Crippen molar-refractivity contribution in [1.29, 1.82) is 0 Å². The van der Waals surface area contributed by atoms with E-state index in [-0.39, 0.29) is 127 Å². The number of quaternary nitrogens is 2. The summed E-state index contributed by atoms with van der Waals surface area (Å²) in [5.74, 6) is -0.457. The van der Waals surface area contributed by atoms with E-state index in [0.29, 0.717) is 48.2 Å². The molecule has 12 nitrogen and oxygen atoms in total. The second-order valence-corrected chi connectivity index (χ2v) is 30.5. The molecule has 8 rings (SSSR count). The standard InChI is InChI=1S/C82H100Br4N2O10.2BrH/c1-3-5-7-23-33-55(35-25-19-15-11-9-13-17-21-27-41-73(91)97-49-47-57-51-69(65(85)53-63(57)83)87-67-43-45-71(89)77-75(67)79(93)59-37-29-31-39-61(59)81(77)95)56(34-24-8-6-4-2)36-26-20-16-12-10-14-18-22-28-42-74(92)98-50-48-58-52-70(66(86)54-64(58)84)88-68-44-46-72(90)78-76(68)80(94)60-38-30-32-40-62(60)82(78)96;;/h29-32,37-40,43-46,51-56,87-90H,3-28,33-36,41-42,47-50H2,1-2H3;2*1H. The Morgan fingerprint density at radius 1 is 0.370 bits per heavy atom. The molecule has 18 heteroatoms. The van der Waals surface area contributed by atoms with Crippen LogP contribution in [0.1, 0.15) is 294 Å². The minimum Gasteiger partial charge on any atom is -1.00 e. The summed E-state index contributed by atoms with van der Waals surface area (Å²) in [4.78, 5) is 79.8. The smallest absolute Gasteiger partial charge is 0.305 e. The van der Waals surface area contributed by atoms with E-state index < -0.39 is 0 Å². The van der Waals surface area contributed by atoms with Gasteiger partial charge in [0, 0.05) is 81.1 Å². The number of fused-ring (bicyclic) bond motifs is 4. The maximum atomic E-state index is 13.7. The number of ketones is 4. The highest BCUT2D eigenvalue weighted by molar-refractivity contribution is 9.11. The monoisotopic (exact) mass is 1750 g/mol. The van der Waals surface area contributed by atoms with Gasteiger partial charge in [-0.1, -0.05) is 274 Å². The second-order valence-electron chi connectivity index (χ2n) is 27.1. The number of ether oxygens (including phenoxy) is 2. The molecule has 0 heterocycles. The van der Waals surface area contributed by atoms with Gasteiger partial charge in [0.1, 0.15) is 34.2 Å². The van der Waals surface area contributed by atoms with Crippen LogP contribution in [0.5, 0.6) is 11.5 Å². The second kappa shape index (κ2) is 44.9. The van der Waals surface area contributed by atoms with Crippen LogP contribution in [0.15, 0.2) is 115 Å². The summed E-state index contributed by atoms with van der Waals surface area (Å²) in [6, 6.07) is 27.4. The number of carbonyl (C=O) groups excluding carboxylic acids is 6. The van der Waals surface area contributed by atoms with Crippen LogP contribution in [0.4, 0.5) is 22.7 Å². The van der Waals surface area contributed by atoms with E-state index in [4.69, 9.17) is 9.47 Å². The third-order valence-electron chi connectivity index (χ3n) is 19.8. The van der Waals surface area contributed by atoms with Crippen LogP contribution < -0.4 is 44.6 Å². The number of rotatable bonds is 45. The van der Waals surface area contributed by atoms with Crippen LogP contribution >= 0.6 is 63.7 Å². The molecule has 0 radical (unpaired) electrons. The van der Waals surface area contributed by atoms with Gasteiger partial charge in [-0.25, -0.2) is 0 Å². The summed E-state index contributed by atoms with van der Waals surface area (Å²) in [5.41, 5.74) is 6.12. The van der Waals surface area contributed by atoms with Gasteiger partial charge in [-0.3, -0.25) is 39.4 Å². The first-order valence-electron chi connectivity index (χ1n) is 36.6. The lowest BCUT2D eigenvalue weighted by molar-refractivity contribution is -0.480. The van der Waals surface area contributed by atoms with Crippen LogP contribution in [-0.4, -0.2) is 58.5 Å². The molecule has 0 spiro atoms. The number of aromatic hydroxyl groups is 2. The van der Waals surface area contributed by atoms with Crippen molar-refractivity contribution >= 4 is 122 Å². The number of halogens is 6. The topological polar surface area (TPSA) is 195 Å². The summed E-state index contributed by atoms with van der Waals surface area (Å²) >= 11 is 14.7. The average Bonchev–Trinajstić information content (AvgIpc) is 0.751. The molecule has 0 amide bonds. The third-order valence-corrected chi connectivity index (χ3v) is 22.7. The molecule has 0 fully saturated rings. The molecule has 0 saturated heterocycles. The fourth-order valence-electron chi connectivity index (χ4n) is 14.3. The molecule has 100 heavy (non-hydrogen) atoms. The minimum atomic E-state index is -0.376. The first-order valence-corrected chi connectivity index (χ1v) is 39.8.